The number of hydrogen-bond donors (Lipinski definition) is 0. The molecule has 15 atom stereocenters. The van der Waals surface area contributed by atoms with Crippen LogP contribution in [-0.2, 0) is 101 Å². The second-order valence-electron chi connectivity index (χ2n) is 20.0. The van der Waals surface area contributed by atoms with Gasteiger partial charge in [-0.1, -0.05) is 119 Å². The topological polar surface area (TPSA) is 321 Å². The van der Waals surface area contributed by atoms with Gasteiger partial charge in [-0.2, -0.15) is 0 Å². The molecule has 5 aromatic rings. The largest absolute Gasteiger partial charge is 0.497 e. The Morgan fingerprint density at radius 1 is 0.586 bits per heavy atom. The lowest BCUT2D eigenvalue weighted by Gasteiger charge is -2.49. The summed E-state index contributed by atoms with van der Waals surface area (Å²) in [6.07, 6.45) is -19.7. The summed E-state index contributed by atoms with van der Waals surface area (Å²) in [5.74, 6) is -3.41. The van der Waals surface area contributed by atoms with Gasteiger partial charge >= 0.3 is 29.8 Å². The highest BCUT2D eigenvalue weighted by molar-refractivity contribution is 5.89. The van der Waals surface area contributed by atoms with Crippen molar-refractivity contribution in [3.05, 3.63) is 189 Å². The second kappa shape index (κ2) is 32.2. The fraction of sp³-hybridized carbons (Fsp3) is 0.426. The van der Waals surface area contributed by atoms with Gasteiger partial charge in [-0.05, 0) is 64.2 Å². The summed E-state index contributed by atoms with van der Waals surface area (Å²) < 4.78 is 94.2. The predicted octanol–water partition coefficient (Wildman–Crippen LogP) is 7.98. The average Bonchev–Trinajstić information content (AvgIpc) is 2.80. The van der Waals surface area contributed by atoms with Crippen molar-refractivity contribution in [1.29, 1.82) is 0 Å². The lowest BCUT2D eigenvalue weighted by atomic mass is 9.94. The number of methoxy groups -OCH3 is 1. The molecule has 3 aliphatic rings. The average molecular weight is 1200 g/mol. The van der Waals surface area contributed by atoms with Crippen LogP contribution in [0.5, 0.6) is 11.5 Å². The van der Waals surface area contributed by atoms with Gasteiger partial charge in [0.05, 0.1) is 45.7 Å². The summed E-state index contributed by atoms with van der Waals surface area (Å²) in [6.45, 7) is 2.67. The van der Waals surface area contributed by atoms with E-state index in [0.717, 1.165) is 33.3 Å². The highest BCUT2D eigenvalue weighted by Gasteiger charge is 2.57. The van der Waals surface area contributed by atoms with Gasteiger partial charge in [0, 0.05) is 37.5 Å². The summed E-state index contributed by atoms with van der Waals surface area (Å²) in [7, 11) is 1.50. The standard InChI is InChI=1S/C61H66N6O20/c1-36(68)75-34-47-53(79-37(2)69)56(80-38(3)70)57(81-39(4)71)61(85-47)84-46(33-74-30-40-18-10-6-11-19-40)51(76-31-41-20-12-7-13-21-41)54(77-32-42-22-14-8-15-23-42)49(64-66-62)59-78-35-48-52(87-59)55(86-58(72)43-24-16-9-17-25-43)50(65-67-63)60(83-48)82-45-28-26-44(73-5)27-29-45/h6-29,46-57,59-61H,30-35H2,1-5H3/t46-,47-,48-,49-,50-,51+,52+,53-,54-,55-,56+,57-,59+,60+,61-/m1/s1. The maximum atomic E-state index is 14.1. The van der Waals surface area contributed by atoms with Crippen LogP contribution in [0, 0.1) is 0 Å². The number of benzene rings is 5. The maximum Gasteiger partial charge on any atom is 0.338 e. The number of carbonyl (C=O) groups is 5. The Labute approximate surface area is 500 Å². The molecule has 3 fully saturated rings. The maximum absolute atomic E-state index is 14.1. The smallest absolute Gasteiger partial charge is 0.338 e. The number of hydrogen-bond acceptors (Lipinski definition) is 22. The van der Waals surface area contributed by atoms with E-state index >= 15 is 0 Å². The third kappa shape index (κ3) is 18.2. The van der Waals surface area contributed by atoms with E-state index in [1.54, 1.807) is 97.1 Å². The van der Waals surface area contributed by atoms with E-state index in [1.165, 1.54) is 19.2 Å². The first-order valence-corrected chi connectivity index (χ1v) is 27.7. The molecule has 0 spiro atoms. The molecule has 0 N–H and O–H groups in total. The molecule has 0 unspecified atom stereocenters. The Morgan fingerprint density at radius 2 is 1.14 bits per heavy atom. The molecule has 3 saturated heterocycles. The van der Waals surface area contributed by atoms with Crippen LogP contribution in [-0.4, -0.2) is 149 Å². The van der Waals surface area contributed by atoms with E-state index in [1.807, 2.05) is 36.4 Å². The molecule has 0 saturated carbocycles. The van der Waals surface area contributed by atoms with E-state index in [2.05, 4.69) is 20.1 Å². The first kappa shape index (κ1) is 64.4. The molecule has 3 aliphatic heterocycles. The Kier molecular flexibility index (Phi) is 23.8. The van der Waals surface area contributed by atoms with Crippen molar-refractivity contribution in [3.63, 3.8) is 0 Å². The highest BCUT2D eigenvalue weighted by atomic mass is 16.8. The number of rotatable bonds is 28. The van der Waals surface area contributed by atoms with Gasteiger partial charge < -0.3 is 71.1 Å². The van der Waals surface area contributed by atoms with Gasteiger partial charge in [0.1, 0.15) is 72.9 Å². The number of esters is 5. The van der Waals surface area contributed by atoms with Crippen molar-refractivity contribution >= 4 is 29.8 Å². The minimum Gasteiger partial charge on any atom is -0.497 e. The summed E-state index contributed by atoms with van der Waals surface area (Å²) in [5.41, 5.74) is 22.9. The molecule has 460 valence electrons. The number of azide groups is 2. The van der Waals surface area contributed by atoms with Gasteiger partial charge in [-0.25, -0.2) is 4.79 Å². The number of nitrogens with zero attached hydrogens (tertiary/aromatic N) is 6. The molecule has 0 aromatic heterocycles. The normalized spacial score (nSPS) is 24.5. The molecule has 26 nitrogen and oxygen atoms in total. The van der Waals surface area contributed by atoms with E-state index in [4.69, 9.17) is 71.1 Å². The molecule has 0 amide bonds. The van der Waals surface area contributed by atoms with E-state index in [9.17, 15) is 35.0 Å². The third-order valence-electron chi connectivity index (χ3n) is 13.8. The fourth-order valence-corrected chi connectivity index (χ4v) is 9.94. The van der Waals surface area contributed by atoms with Gasteiger partial charge in [0.15, 0.2) is 30.9 Å². The van der Waals surface area contributed by atoms with Crippen LogP contribution in [0.15, 0.2) is 156 Å². The minimum atomic E-state index is -1.81. The lowest BCUT2D eigenvalue weighted by Crippen LogP contribution is -2.66. The van der Waals surface area contributed by atoms with E-state index < -0.39 is 135 Å². The van der Waals surface area contributed by atoms with Crippen molar-refractivity contribution in [2.24, 2.45) is 10.2 Å². The zero-order chi connectivity index (χ0) is 61.7. The van der Waals surface area contributed by atoms with Crippen molar-refractivity contribution in [3.8, 4) is 11.5 Å². The van der Waals surface area contributed by atoms with Gasteiger partial charge in [-0.3, -0.25) is 19.2 Å². The minimum absolute atomic E-state index is 0.0173. The Morgan fingerprint density at radius 3 is 1.70 bits per heavy atom. The molecule has 5 aromatic carbocycles. The number of fused-ring (bicyclic) bond motifs is 1. The zero-order valence-electron chi connectivity index (χ0n) is 48.1. The Hall–Kier alpha value is -8.65. The third-order valence-corrected chi connectivity index (χ3v) is 13.8. The molecule has 8 rings (SSSR count). The van der Waals surface area contributed by atoms with Gasteiger partial charge in [-0.15, -0.1) is 0 Å². The van der Waals surface area contributed by atoms with Crippen LogP contribution in [0.3, 0.4) is 0 Å². The summed E-state index contributed by atoms with van der Waals surface area (Å²) in [4.78, 5) is 71.8. The molecule has 0 bridgehead atoms. The Bertz CT molecular complexity index is 3130. The molecule has 26 heteroatoms. The van der Waals surface area contributed by atoms with Crippen LogP contribution >= 0.6 is 0 Å². The quantitative estimate of drug-likeness (QED) is 0.0150. The second-order valence-corrected chi connectivity index (χ2v) is 20.0. The first-order chi connectivity index (χ1) is 42.2. The van der Waals surface area contributed by atoms with Crippen molar-refractivity contribution in [1.82, 2.24) is 0 Å². The SMILES string of the molecule is COc1ccc(O[C@H]2O[C@@H]3CO[C@H]([C@H](N=[N+]=[N-])[C@@H](OCc4ccccc4)[C@@H](OCc4ccccc4)[C@@H](COCc4ccccc4)O[C@@H]4O[C@H](COC(C)=O)[C@@H](OC(C)=O)[C@H](OC(C)=O)[C@H]4OC(C)=O)O[C@@H]3[C@H](OC(=O)c3ccccc3)[C@H]2N=[N+]=[N-])cc1. The first-order valence-electron chi connectivity index (χ1n) is 27.7. The highest BCUT2D eigenvalue weighted by Crippen LogP contribution is 2.38. The number of ether oxygens (including phenoxy) is 15. The molecule has 3 heterocycles. The van der Waals surface area contributed by atoms with Crippen molar-refractivity contribution in [2.45, 2.75) is 140 Å². The summed E-state index contributed by atoms with van der Waals surface area (Å²) in [5, 5.41) is 8.35. The van der Waals surface area contributed by atoms with Crippen LogP contribution < -0.4 is 9.47 Å². The van der Waals surface area contributed by atoms with Crippen LogP contribution in [0.4, 0.5) is 0 Å². The fourth-order valence-electron chi connectivity index (χ4n) is 9.94. The van der Waals surface area contributed by atoms with Gasteiger partial charge in [0.2, 0.25) is 6.29 Å². The predicted molar refractivity (Wildman–Crippen MR) is 301 cm³/mol. The monoisotopic (exact) mass is 1200 g/mol. The molecular weight excluding hydrogens is 1140 g/mol. The summed E-state index contributed by atoms with van der Waals surface area (Å²) >= 11 is 0. The number of carbonyl (C=O) groups excluding carboxylic acids is 5. The molecule has 0 radical (unpaired) electrons. The van der Waals surface area contributed by atoms with Crippen molar-refractivity contribution in [2.75, 3.05) is 26.9 Å². The van der Waals surface area contributed by atoms with E-state index in [0.29, 0.717) is 16.9 Å². The van der Waals surface area contributed by atoms with Gasteiger partial charge in [0.25, 0.3) is 0 Å². The van der Waals surface area contributed by atoms with Crippen LogP contribution in [0.2, 0.25) is 0 Å². The Balaban J connectivity index is 1.25. The molecule has 87 heavy (non-hydrogen) atoms. The van der Waals surface area contributed by atoms with Crippen molar-refractivity contribution < 1.29 is 95.0 Å². The van der Waals surface area contributed by atoms with Crippen LogP contribution in [0.25, 0.3) is 20.9 Å². The molecular formula is C61H66N6O20. The van der Waals surface area contributed by atoms with Crippen LogP contribution in [0.1, 0.15) is 54.7 Å². The lowest BCUT2D eigenvalue weighted by molar-refractivity contribution is -0.342. The zero-order valence-corrected chi connectivity index (χ0v) is 48.1. The van der Waals surface area contributed by atoms with E-state index in [-0.39, 0.29) is 37.7 Å². The molecule has 0 aliphatic carbocycles. The summed E-state index contributed by atoms with van der Waals surface area (Å²) in [6, 6.07) is 38.6.